The number of rotatable bonds is 5. The number of carbonyl (C=O) groups is 1. The number of likely N-dealkylation sites (tertiary alicyclic amines) is 1. The summed E-state index contributed by atoms with van der Waals surface area (Å²) in [7, 11) is -2.04. The van der Waals surface area contributed by atoms with Crippen LogP contribution in [0.2, 0.25) is 0 Å². The highest BCUT2D eigenvalue weighted by Gasteiger charge is 2.30. The van der Waals surface area contributed by atoms with E-state index >= 15 is 0 Å². The lowest BCUT2D eigenvalue weighted by atomic mass is 10.0. The van der Waals surface area contributed by atoms with E-state index in [4.69, 9.17) is 0 Å². The Morgan fingerprint density at radius 3 is 2.65 bits per heavy atom. The largest absolute Gasteiger partial charge is 0.349 e. The van der Waals surface area contributed by atoms with E-state index in [2.05, 4.69) is 21.5 Å². The van der Waals surface area contributed by atoms with Gasteiger partial charge in [-0.2, -0.15) is 8.42 Å². The van der Waals surface area contributed by atoms with Crippen LogP contribution in [0.5, 0.6) is 0 Å². The highest BCUT2D eigenvalue weighted by molar-refractivity contribution is 7.90. The second-order valence-corrected chi connectivity index (χ2v) is 9.88. The minimum Gasteiger partial charge on any atom is -0.349 e. The summed E-state index contributed by atoms with van der Waals surface area (Å²) >= 11 is 0. The summed E-state index contributed by atoms with van der Waals surface area (Å²) in [5.41, 5.74) is 2.47. The number of benzene rings is 2. The van der Waals surface area contributed by atoms with Crippen LogP contribution < -0.4 is 5.32 Å². The van der Waals surface area contributed by atoms with Gasteiger partial charge in [0.15, 0.2) is 5.84 Å². The first-order valence-corrected chi connectivity index (χ1v) is 12.1. The molecule has 1 atom stereocenters. The van der Waals surface area contributed by atoms with Crippen LogP contribution in [0.4, 0.5) is 5.69 Å². The molecule has 1 N–H and O–H groups in total. The summed E-state index contributed by atoms with van der Waals surface area (Å²) in [5, 5.41) is 2.88. The molecule has 1 saturated heterocycles. The van der Waals surface area contributed by atoms with Crippen LogP contribution in [0.25, 0.3) is 0 Å². The maximum atomic E-state index is 12.5. The highest BCUT2D eigenvalue weighted by atomic mass is 32.2. The average molecular weight is 441 g/mol. The third kappa shape index (κ3) is 4.80. The molecule has 2 aliphatic rings. The van der Waals surface area contributed by atoms with Gasteiger partial charge in [0.05, 0.1) is 6.54 Å². The van der Waals surface area contributed by atoms with Crippen LogP contribution in [-0.4, -0.2) is 56.1 Å². The summed E-state index contributed by atoms with van der Waals surface area (Å²) in [6.45, 7) is 4.33. The number of hydrogen-bond acceptors (Lipinski definition) is 5. The number of nitrogens with one attached hydrogen (secondary N) is 1. The number of amides is 1. The molecule has 2 aromatic rings. The number of piperidine rings is 1. The monoisotopic (exact) mass is 440 g/mol. The standard InChI is InChI=1S/C23H28N4O3S/c1-17-7-5-6-14-27(17)15-18-10-12-19(13-11-18)24-22(28)16-26(2)23-20-8-3-4-9-21(20)31(29,30)25-23/h3-4,8-13,17H,5-7,14-16H2,1-2H3,(H,24,28). The van der Waals surface area contributed by atoms with E-state index in [1.54, 1.807) is 30.1 Å². The Kier molecular flexibility index (Phi) is 6.11. The van der Waals surface area contributed by atoms with E-state index in [0.29, 0.717) is 11.6 Å². The van der Waals surface area contributed by atoms with Crippen molar-refractivity contribution in [2.45, 2.75) is 43.7 Å². The van der Waals surface area contributed by atoms with E-state index < -0.39 is 10.0 Å². The summed E-state index contributed by atoms with van der Waals surface area (Å²) in [6, 6.07) is 15.2. The SMILES string of the molecule is CC1CCCCN1Cc1ccc(NC(=O)CN(C)C2=NS(=O)(=O)c3ccccc32)cc1. The Morgan fingerprint density at radius 2 is 1.90 bits per heavy atom. The molecule has 2 aromatic carbocycles. The fraction of sp³-hybridized carbons (Fsp3) is 0.391. The maximum Gasteiger partial charge on any atom is 0.285 e. The van der Waals surface area contributed by atoms with E-state index in [0.717, 1.165) is 18.8 Å². The molecule has 2 aliphatic heterocycles. The topological polar surface area (TPSA) is 82.1 Å². The number of sulfonamides is 1. The van der Waals surface area contributed by atoms with Crippen LogP contribution in [0, 0.1) is 0 Å². The molecule has 0 bridgehead atoms. The normalized spacial score (nSPS) is 20.1. The molecule has 0 aromatic heterocycles. The highest BCUT2D eigenvalue weighted by Crippen LogP contribution is 2.27. The van der Waals surface area contributed by atoms with Crippen LogP contribution in [0.1, 0.15) is 37.3 Å². The summed E-state index contributed by atoms with van der Waals surface area (Å²) < 4.78 is 28.3. The number of carbonyl (C=O) groups excluding carboxylic acids is 1. The van der Waals surface area contributed by atoms with Crippen molar-refractivity contribution in [1.82, 2.24) is 9.80 Å². The first-order chi connectivity index (χ1) is 14.8. The predicted octanol–water partition coefficient (Wildman–Crippen LogP) is 3.08. The van der Waals surface area contributed by atoms with Gasteiger partial charge >= 0.3 is 0 Å². The molecule has 7 nitrogen and oxygen atoms in total. The Labute approximate surface area is 183 Å². The number of amidine groups is 1. The molecule has 2 heterocycles. The van der Waals surface area contributed by atoms with Gasteiger partial charge in [0.1, 0.15) is 4.90 Å². The molecule has 0 radical (unpaired) electrons. The lowest BCUT2D eigenvalue weighted by molar-refractivity contribution is -0.116. The summed E-state index contributed by atoms with van der Waals surface area (Å²) in [4.78, 5) is 16.8. The van der Waals surface area contributed by atoms with Crippen molar-refractivity contribution in [2.75, 3.05) is 25.5 Å². The van der Waals surface area contributed by atoms with Gasteiger partial charge in [-0.15, -0.1) is 4.40 Å². The molecule has 31 heavy (non-hydrogen) atoms. The fourth-order valence-corrected chi connectivity index (χ4v) is 5.43. The summed E-state index contributed by atoms with van der Waals surface area (Å²) in [6.07, 6.45) is 3.81. The number of hydrogen-bond donors (Lipinski definition) is 1. The Balaban J connectivity index is 1.36. The molecule has 1 fully saturated rings. The van der Waals surface area contributed by atoms with Crippen molar-refractivity contribution in [3.63, 3.8) is 0 Å². The van der Waals surface area contributed by atoms with Gasteiger partial charge in [-0.1, -0.05) is 30.7 Å². The second-order valence-electron chi connectivity index (χ2n) is 8.30. The molecular weight excluding hydrogens is 412 g/mol. The maximum absolute atomic E-state index is 12.5. The zero-order valence-electron chi connectivity index (χ0n) is 17.9. The van der Waals surface area contributed by atoms with Gasteiger partial charge in [0.2, 0.25) is 5.91 Å². The molecule has 164 valence electrons. The lowest BCUT2D eigenvalue weighted by Crippen LogP contribution is -2.36. The van der Waals surface area contributed by atoms with E-state index in [9.17, 15) is 13.2 Å². The van der Waals surface area contributed by atoms with Crippen molar-refractivity contribution in [3.8, 4) is 0 Å². The predicted molar refractivity (Wildman–Crippen MR) is 122 cm³/mol. The van der Waals surface area contributed by atoms with Crippen LogP contribution >= 0.6 is 0 Å². The Morgan fingerprint density at radius 1 is 1.16 bits per heavy atom. The first-order valence-electron chi connectivity index (χ1n) is 10.6. The van der Waals surface area contributed by atoms with Gasteiger partial charge in [-0.25, -0.2) is 0 Å². The molecular formula is C23H28N4O3S. The number of likely N-dealkylation sites (N-methyl/N-ethyl adjacent to an activating group) is 1. The van der Waals surface area contributed by atoms with Crippen molar-refractivity contribution >= 4 is 27.5 Å². The third-order valence-corrected chi connectivity index (χ3v) is 7.24. The van der Waals surface area contributed by atoms with Gasteiger partial charge in [-0.3, -0.25) is 9.69 Å². The van der Waals surface area contributed by atoms with Crippen LogP contribution in [0.15, 0.2) is 57.8 Å². The van der Waals surface area contributed by atoms with E-state index in [1.165, 1.54) is 30.9 Å². The molecule has 1 unspecified atom stereocenters. The average Bonchev–Trinajstić information content (AvgIpc) is 3.02. The Bertz CT molecular complexity index is 1100. The second kappa shape index (κ2) is 8.80. The van der Waals surface area contributed by atoms with Crippen LogP contribution in [-0.2, 0) is 21.4 Å². The lowest BCUT2D eigenvalue weighted by Gasteiger charge is -2.33. The minimum absolute atomic E-state index is 0.00423. The van der Waals surface area contributed by atoms with Gasteiger partial charge < -0.3 is 10.2 Å². The molecule has 0 aliphatic carbocycles. The molecule has 8 heteroatoms. The van der Waals surface area contributed by atoms with Crippen molar-refractivity contribution in [3.05, 3.63) is 59.7 Å². The quantitative estimate of drug-likeness (QED) is 0.773. The van der Waals surface area contributed by atoms with Crippen LogP contribution in [0.3, 0.4) is 0 Å². The molecule has 0 spiro atoms. The number of fused-ring (bicyclic) bond motifs is 1. The minimum atomic E-state index is -3.70. The number of nitrogens with zero attached hydrogens (tertiary/aromatic N) is 3. The molecule has 1 amide bonds. The first kappa shape index (κ1) is 21.5. The van der Waals surface area contributed by atoms with E-state index in [1.807, 2.05) is 24.3 Å². The third-order valence-electron chi connectivity index (χ3n) is 5.92. The summed E-state index contributed by atoms with van der Waals surface area (Å²) in [5.74, 6) is 0.0566. The fourth-order valence-electron chi connectivity index (χ4n) is 4.18. The van der Waals surface area contributed by atoms with Gasteiger partial charge in [0, 0.05) is 30.9 Å². The number of anilines is 1. The zero-order valence-corrected chi connectivity index (χ0v) is 18.7. The van der Waals surface area contributed by atoms with Crippen molar-refractivity contribution < 1.29 is 13.2 Å². The van der Waals surface area contributed by atoms with Gasteiger partial charge in [0.25, 0.3) is 10.0 Å². The van der Waals surface area contributed by atoms with E-state index in [-0.39, 0.29) is 23.2 Å². The smallest absolute Gasteiger partial charge is 0.285 e. The molecule has 4 rings (SSSR count). The zero-order chi connectivity index (χ0) is 22.0. The molecule has 0 saturated carbocycles. The van der Waals surface area contributed by atoms with Crippen molar-refractivity contribution in [1.29, 1.82) is 0 Å². The van der Waals surface area contributed by atoms with Gasteiger partial charge in [-0.05, 0) is 56.1 Å². The van der Waals surface area contributed by atoms with Crippen molar-refractivity contribution in [2.24, 2.45) is 4.40 Å². The Hall–Kier alpha value is -2.71.